The number of halogens is 1. The average Bonchev–Trinajstić information content (AvgIpc) is 3.06. The summed E-state index contributed by atoms with van der Waals surface area (Å²) < 4.78 is 12.7. The zero-order valence-electron chi connectivity index (χ0n) is 12.4. The number of hydrogen-bond donors (Lipinski definition) is 0. The first-order valence-corrected chi connectivity index (χ1v) is 7.58. The lowest BCUT2D eigenvalue weighted by molar-refractivity contribution is -0.130. The van der Waals surface area contributed by atoms with Crippen molar-refractivity contribution < 1.29 is 9.18 Å². The SMILES string of the molecule is Cn1ncc(CN2CCC(N3CC(CF)CC3=O)CC2)n1. The molecule has 3 rings (SSSR count). The Morgan fingerprint density at radius 1 is 1.38 bits per heavy atom. The van der Waals surface area contributed by atoms with E-state index >= 15 is 0 Å². The lowest BCUT2D eigenvalue weighted by atomic mass is 10.0. The lowest BCUT2D eigenvalue weighted by Crippen LogP contribution is -2.45. The number of rotatable bonds is 4. The van der Waals surface area contributed by atoms with Gasteiger partial charge in [-0.05, 0) is 12.8 Å². The lowest BCUT2D eigenvalue weighted by Gasteiger charge is -2.36. The molecule has 1 amide bonds. The van der Waals surface area contributed by atoms with E-state index in [1.807, 2.05) is 11.9 Å². The number of likely N-dealkylation sites (tertiary alicyclic amines) is 2. The molecule has 2 aliphatic rings. The van der Waals surface area contributed by atoms with Crippen molar-refractivity contribution in [1.82, 2.24) is 24.8 Å². The van der Waals surface area contributed by atoms with Crippen molar-refractivity contribution in [1.29, 1.82) is 0 Å². The molecule has 2 saturated heterocycles. The molecule has 0 spiro atoms. The van der Waals surface area contributed by atoms with Crippen LogP contribution >= 0.6 is 0 Å². The Morgan fingerprint density at radius 3 is 2.71 bits per heavy atom. The maximum atomic E-state index is 12.7. The molecule has 0 radical (unpaired) electrons. The highest BCUT2D eigenvalue weighted by Gasteiger charge is 2.35. The standard InChI is InChI=1S/C14H22FN5O/c1-18-16-8-12(17-18)10-19-4-2-13(3-5-19)20-9-11(7-15)6-14(20)21/h8,11,13H,2-7,9-10H2,1H3. The molecule has 0 bridgehead atoms. The molecule has 0 aromatic carbocycles. The summed E-state index contributed by atoms with van der Waals surface area (Å²) in [5.74, 6) is 0.0418. The fourth-order valence-electron chi connectivity index (χ4n) is 3.34. The molecule has 0 aliphatic carbocycles. The van der Waals surface area contributed by atoms with E-state index < -0.39 is 0 Å². The highest BCUT2D eigenvalue weighted by atomic mass is 19.1. The van der Waals surface area contributed by atoms with Crippen molar-refractivity contribution in [2.75, 3.05) is 26.3 Å². The Kier molecular flexibility index (Phi) is 4.19. The number of alkyl halides is 1. The van der Waals surface area contributed by atoms with Gasteiger partial charge >= 0.3 is 0 Å². The highest BCUT2D eigenvalue weighted by Crippen LogP contribution is 2.26. The van der Waals surface area contributed by atoms with E-state index in [0.717, 1.165) is 38.2 Å². The zero-order chi connectivity index (χ0) is 14.8. The van der Waals surface area contributed by atoms with E-state index in [4.69, 9.17) is 0 Å². The van der Waals surface area contributed by atoms with Gasteiger partial charge in [0, 0.05) is 51.6 Å². The van der Waals surface area contributed by atoms with Gasteiger partial charge in [-0.3, -0.25) is 14.1 Å². The topological polar surface area (TPSA) is 54.3 Å². The van der Waals surface area contributed by atoms with Crippen LogP contribution in [0.1, 0.15) is 25.0 Å². The predicted octanol–water partition coefficient (Wildman–Crippen LogP) is 0.598. The summed E-state index contributed by atoms with van der Waals surface area (Å²) in [6.07, 6.45) is 4.11. The highest BCUT2D eigenvalue weighted by molar-refractivity contribution is 5.79. The number of carbonyl (C=O) groups excluding carboxylic acids is 1. The Hall–Kier alpha value is -1.50. The van der Waals surface area contributed by atoms with Crippen LogP contribution in [0.15, 0.2) is 6.20 Å². The van der Waals surface area contributed by atoms with Crippen LogP contribution in [-0.4, -0.2) is 63.1 Å². The van der Waals surface area contributed by atoms with Gasteiger partial charge in [0.25, 0.3) is 0 Å². The number of carbonyl (C=O) groups is 1. The van der Waals surface area contributed by atoms with Gasteiger partial charge < -0.3 is 4.90 Å². The van der Waals surface area contributed by atoms with Gasteiger partial charge in [-0.1, -0.05) is 0 Å². The summed E-state index contributed by atoms with van der Waals surface area (Å²) in [5.41, 5.74) is 0.977. The average molecular weight is 295 g/mol. The van der Waals surface area contributed by atoms with Crippen LogP contribution in [0.25, 0.3) is 0 Å². The van der Waals surface area contributed by atoms with Gasteiger partial charge in [-0.25, -0.2) is 0 Å². The zero-order valence-corrected chi connectivity index (χ0v) is 12.4. The second-order valence-electron chi connectivity index (χ2n) is 6.10. The van der Waals surface area contributed by atoms with Crippen molar-refractivity contribution in [3.05, 3.63) is 11.9 Å². The van der Waals surface area contributed by atoms with Crippen LogP contribution in [0.2, 0.25) is 0 Å². The van der Waals surface area contributed by atoms with Crippen molar-refractivity contribution in [2.24, 2.45) is 13.0 Å². The molecule has 2 fully saturated rings. The second kappa shape index (κ2) is 6.09. The number of nitrogens with zero attached hydrogens (tertiary/aromatic N) is 5. The summed E-state index contributed by atoms with van der Waals surface area (Å²) in [6.45, 7) is 2.93. The van der Waals surface area contributed by atoms with Crippen LogP contribution in [0.3, 0.4) is 0 Å². The third-order valence-corrected chi connectivity index (χ3v) is 4.49. The van der Waals surface area contributed by atoms with Crippen molar-refractivity contribution in [2.45, 2.75) is 31.8 Å². The first-order valence-electron chi connectivity index (χ1n) is 7.58. The fourth-order valence-corrected chi connectivity index (χ4v) is 3.34. The van der Waals surface area contributed by atoms with Crippen LogP contribution in [0.5, 0.6) is 0 Å². The van der Waals surface area contributed by atoms with Gasteiger partial charge in [0.1, 0.15) is 0 Å². The maximum absolute atomic E-state index is 12.7. The number of hydrogen-bond acceptors (Lipinski definition) is 4. The quantitative estimate of drug-likeness (QED) is 0.816. The molecule has 6 nitrogen and oxygen atoms in total. The van der Waals surface area contributed by atoms with Crippen LogP contribution in [-0.2, 0) is 18.4 Å². The Bertz CT molecular complexity index is 497. The third-order valence-electron chi connectivity index (χ3n) is 4.49. The number of aryl methyl sites for hydroxylation is 1. The molecule has 7 heteroatoms. The van der Waals surface area contributed by atoms with E-state index in [0.29, 0.717) is 13.0 Å². The van der Waals surface area contributed by atoms with Gasteiger partial charge in [0.15, 0.2) is 0 Å². The molecular formula is C14H22FN5O. The molecule has 2 aliphatic heterocycles. The molecular weight excluding hydrogens is 273 g/mol. The largest absolute Gasteiger partial charge is 0.339 e. The molecule has 1 atom stereocenters. The minimum atomic E-state index is -0.381. The van der Waals surface area contributed by atoms with E-state index in [1.165, 1.54) is 0 Å². The molecule has 1 aromatic heterocycles. The second-order valence-corrected chi connectivity index (χ2v) is 6.10. The Morgan fingerprint density at radius 2 is 2.14 bits per heavy atom. The van der Waals surface area contributed by atoms with Gasteiger partial charge in [0.05, 0.1) is 18.6 Å². The van der Waals surface area contributed by atoms with E-state index in [1.54, 1.807) is 11.0 Å². The van der Waals surface area contributed by atoms with Crippen molar-refractivity contribution >= 4 is 5.91 Å². The van der Waals surface area contributed by atoms with Gasteiger partial charge in [-0.2, -0.15) is 15.0 Å². The normalized spacial score (nSPS) is 25.0. The first-order chi connectivity index (χ1) is 10.2. The maximum Gasteiger partial charge on any atom is 0.223 e. The molecule has 0 N–H and O–H groups in total. The minimum absolute atomic E-state index is 0.0878. The minimum Gasteiger partial charge on any atom is -0.339 e. The Labute approximate surface area is 123 Å². The number of piperidine rings is 1. The van der Waals surface area contributed by atoms with E-state index in [9.17, 15) is 9.18 Å². The summed E-state index contributed by atoms with van der Waals surface area (Å²) in [7, 11) is 1.82. The smallest absolute Gasteiger partial charge is 0.223 e. The molecule has 0 saturated carbocycles. The first kappa shape index (κ1) is 14.4. The number of amides is 1. The summed E-state index contributed by atoms with van der Waals surface area (Å²) in [5, 5.41) is 8.37. The summed E-state index contributed by atoms with van der Waals surface area (Å²) >= 11 is 0. The van der Waals surface area contributed by atoms with Crippen molar-refractivity contribution in [3.63, 3.8) is 0 Å². The Balaban J connectivity index is 1.50. The van der Waals surface area contributed by atoms with Gasteiger partial charge in [-0.15, -0.1) is 0 Å². The van der Waals surface area contributed by atoms with E-state index in [-0.39, 0.29) is 24.5 Å². The van der Waals surface area contributed by atoms with Crippen LogP contribution in [0.4, 0.5) is 4.39 Å². The van der Waals surface area contributed by atoms with E-state index in [2.05, 4.69) is 15.1 Å². The summed E-state index contributed by atoms with van der Waals surface area (Å²) in [6, 6.07) is 0.284. The molecule has 3 heterocycles. The third kappa shape index (κ3) is 3.23. The van der Waals surface area contributed by atoms with Crippen molar-refractivity contribution in [3.8, 4) is 0 Å². The summed E-state index contributed by atoms with van der Waals surface area (Å²) in [4.78, 5) is 17.8. The van der Waals surface area contributed by atoms with Gasteiger partial charge in [0.2, 0.25) is 5.91 Å². The predicted molar refractivity (Wildman–Crippen MR) is 75.1 cm³/mol. The number of aromatic nitrogens is 3. The molecule has 1 unspecified atom stereocenters. The van der Waals surface area contributed by atoms with Crippen LogP contribution < -0.4 is 0 Å². The fraction of sp³-hybridized carbons (Fsp3) is 0.786. The van der Waals surface area contributed by atoms with Crippen LogP contribution in [0, 0.1) is 5.92 Å². The molecule has 21 heavy (non-hydrogen) atoms. The molecule has 116 valence electrons. The molecule has 1 aromatic rings. The monoisotopic (exact) mass is 295 g/mol.